The third kappa shape index (κ3) is 2.73. The van der Waals surface area contributed by atoms with Crippen LogP contribution in [0, 0.1) is 0 Å². The highest BCUT2D eigenvalue weighted by Gasteiger charge is 1.97. The van der Waals surface area contributed by atoms with E-state index in [0.717, 1.165) is 18.8 Å². The van der Waals surface area contributed by atoms with Gasteiger partial charge in [-0.2, -0.15) is 0 Å². The van der Waals surface area contributed by atoms with E-state index in [0.29, 0.717) is 5.69 Å². The molecule has 3 N–H and O–H groups in total. The van der Waals surface area contributed by atoms with E-state index in [1.807, 2.05) is 30.3 Å². The van der Waals surface area contributed by atoms with E-state index < -0.39 is 0 Å². The number of anilines is 2. The molecular formula is C13H15N3. The van der Waals surface area contributed by atoms with Crippen molar-refractivity contribution < 1.29 is 0 Å². The summed E-state index contributed by atoms with van der Waals surface area (Å²) in [5, 5.41) is 3.23. The molecule has 0 saturated carbocycles. The first-order chi connectivity index (χ1) is 7.86. The molecule has 2 rings (SSSR count). The maximum absolute atomic E-state index is 5.78. The van der Waals surface area contributed by atoms with Crippen LogP contribution in [0.2, 0.25) is 0 Å². The van der Waals surface area contributed by atoms with Crippen molar-refractivity contribution in [1.82, 2.24) is 4.98 Å². The maximum Gasteiger partial charge on any atom is 0.149 e. The first-order valence-electron chi connectivity index (χ1n) is 5.34. The molecule has 0 radical (unpaired) electrons. The van der Waals surface area contributed by atoms with Gasteiger partial charge in [-0.1, -0.05) is 30.3 Å². The van der Waals surface area contributed by atoms with Gasteiger partial charge >= 0.3 is 0 Å². The Bertz CT molecular complexity index is 440. The second-order valence-corrected chi connectivity index (χ2v) is 3.60. The minimum absolute atomic E-state index is 0.690. The average molecular weight is 213 g/mol. The van der Waals surface area contributed by atoms with E-state index in [1.54, 1.807) is 6.20 Å². The number of aromatic nitrogens is 1. The highest BCUT2D eigenvalue weighted by molar-refractivity contribution is 5.60. The number of hydrogen-bond donors (Lipinski definition) is 2. The number of rotatable bonds is 4. The van der Waals surface area contributed by atoms with Crippen LogP contribution in [0.3, 0.4) is 0 Å². The molecule has 16 heavy (non-hydrogen) atoms. The zero-order chi connectivity index (χ0) is 11.2. The Morgan fingerprint density at radius 3 is 2.62 bits per heavy atom. The Hall–Kier alpha value is -2.03. The summed E-state index contributed by atoms with van der Waals surface area (Å²) in [4.78, 5) is 4.17. The Morgan fingerprint density at radius 1 is 1.06 bits per heavy atom. The summed E-state index contributed by atoms with van der Waals surface area (Å²) in [5.41, 5.74) is 7.78. The van der Waals surface area contributed by atoms with Crippen molar-refractivity contribution in [2.75, 3.05) is 17.6 Å². The standard InChI is InChI=1S/C13H15N3/c14-12-7-4-9-15-13(12)16-10-8-11-5-2-1-3-6-11/h1-7,9H,8,10,14H2,(H,15,16). The van der Waals surface area contributed by atoms with Crippen LogP contribution in [-0.2, 0) is 6.42 Å². The largest absolute Gasteiger partial charge is 0.396 e. The molecule has 1 heterocycles. The van der Waals surface area contributed by atoms with Crippen molar-refractivity contribution >= 4 is 11.5 Å². The molecular weight excluding hydrogens is 198 g/mol. The second-order valence-electron chi connectivity index (χ2n) is 3.60. The fourth-order valence-electron chi connectivity index (χ4n) is 1.54. The fraction of sp³-hybridized carbons (Fsp3) is 0.154. The number of benzene rings is 1. The summed E-state index contributed by atoms with van der Waals surface area (Å²) < 4.78 is 0. The Morgan fingerprint density at radius 2 is 1.88 bits per heavy atom. The van der Waals surface area contributed by atoms with Crippen LogP contribution in [0.1, 0.15) is 5.56 Å². The monoisotopic (exact) mass is 213 g/mol. The highest BCUT2D eigenvalue weighted by Crippen LogP contribution is 2.12. The zero-order valence-electron chi connectivity index (χ0n) is 9.06. The number of nitrogens with one attached hydrogen (secondary N) is 1. The summed E-state index contributed by atoms with van der Waals surface area (Å²) in [6, 6.07) is 14.0. The topological polar surface area (TPSA) is 50.9 Å². The van der Waals surface area contributed by atoms with E-state index in [-0.39, 0.29) is 0 Å². The molecule has 1 aromatic heterocycles. The summed E-state index contributed by atoms with van der Waals surface area (Å²) in [6.45, 7) is 0.839. The van der Waals surface area contributed by atoms with Crippen LogP contribution in [0.15, 0.2) is 48.7 Å². The number of hydrogen-bond acceptors (Lipinski definition) is 3. The van der Waals surface area contributed by atoms with E-state index in [1.165, 1.54) is 5.56 Å². The summed E-state index contributed by atoms with van der Waals surface area (Å²) in [7, 11) is 0. The van der Waals surface area contributed by atoms with Crippen molar-refractivity contribution in [3.8, 4) is 0 Å². The van der Waals surface area contributed by atoms with Crippen LogP contribution >= 0.6 is 0 Å². The van der Waals surface area contributed by atoms with Gasteiger partial charge in [-0.25, -0.2) is 4.98 Å². The zero-order valence-corrected chi connectivity index (χ0v) is 9.06. The fourth-order valence-corrected chi connectivity index (χ4v) is 1.54. The van der Waals surface area contributed by atoms with Gasteiger partial charge in [-0.15, -0.1) is 0 Å². The molecule has 0 aliphatic rings. The molecule has 0 spiro atoms. The van der Waals surface area contributed by atoms with Crippen molar-refractivity contribution in [3.63, 3.8) is 0 Å². The lowest BCUT2D eigenvalue weighted by atomic mass is 10.1. The summed E-state index contributed by atoms with van der Waals surface area (Å²) in [6.07, 6.45) is 2.71. The van der Waals surface area contributed by atoms with Crippen LogP contribution < -0.4 is 11.1 Å². The van der Waals surface area contributed by atoms with Crippen LogP contribution in [0.25, 0.3) is 0 Å². The summed E-state index contributed by atoms with van der Waals surface area (Å²) >= 11 is 0. The Kier molecular flexibility index (Phi) is 3.38. The van der Waals surface area contributed by atoms with Crippen molar-refractivity contribution in [2.45, 2.75) is 6.42 Å². The third-order valence-corrected chi connectivity index (χ3v) is 2.39. The molecule has 3 heteroatoms. The minimum atomic E-state index is 0.690. The molecule has 1 aromatic carbocycles. The van der Waals surface area contributed by atoms with Gasteiger partial charge in [-0.05, 0) is 24.1 Å². The Labute approximate surface area is 95.3 Å². The number of nitrogen functional groups attached to an aromatic ring is 1. The first kappa shape index (κ1) is 10.5. The molecule has 0 bridgehead atoms. The number of nitrogens with zero attached hydrogens (tertiary/aromatic N) is 1. The van der Waals surface area contributed by atoms with Crippen molar-refractivity contribution in [2.24, 2.45) is 0 Å². The van der Waals surface area contributed by atoms with E-state index >= 15 is 0 Å². The molecule has 0 atom stereocenters. The third-order valence-electron chi connectivity index (χ3n) is 2.39. The number of pyridine rings is 1. The molecule has 0 amide bonds. The van der Waals surface area contributed by atoms with Crippen molar-refractivity contribution in [3.05, 3.63) is 54.2 Å². The van der Waals surface area contributed by atoms with Gasteiger partial charge in [0.2, 0.25) is 0 Å². The average Bonchev–Trinajstić information content (AvgIpc) is 2.33. The summed E-state index contributed by atoms with van der Waals surface area (Å²) in [5.74, 6) is 0.762. The predicted molar refractivity (Wildman–Crippen MR) is 67.3 cm³/mol. The smallest absolute Gasteiger partial charge is 0.149 e. The lowest BCUT2D eigenvalue weighted by Gasteiger charge is -2.07. The van der Waals surface area contributed by atoms with Crippen molar-refractivity contribution in [1.29, 1.82) is 0 Å². The molecule has 0 aliphatic carbocycles. The normalized spacial score (nSPS) is 10.0. The second kappa shape index (κ2) is 5.16. The molecule has 2 aromatic rings. The first-order valence-corrected chi connectivity index (χ1v) is 5.34. The lowest BCUT2D eigenvalue weighted by molar-refractivity contribution is 1.01. The van der Waals surface area contributed by atoms with Gasteiger partial charge in [0, 0.05) is 12.7 Å². The van der Waals surface area contributed by atoms with Gasteiger partial charge in [0.25, 0.3) is 0 Å². The minimum Gasteiger partial charge on any atom is -0.396 e. The Balaban J connectivity index is 1.87. The maximum atomic E-state index is 5.78. The van der Waals surface area contributed by atoms with Crippen LogP contribution in [0.5, 0.6) is 0 Å². The van der Waals surface area contributed by atoms with Gasteiger partial charge < -0.3 is 11.1 Å². The van der Waals surface area contributed by atoms with Gasteiger partial charge in [0.15, 0.2) is 0 Å². The van der Waals surface area contributed by atoms with Crippen LogP contribution in [0.4, 0.5) is 11.5 Å². The van der Waals surface area contributed by atoms with Crippen LogP contribution in [-0.4, -0.2) is 11.5 Å². The molecule has 0 fully saturated rings. The molecule has 3 nitrogen and oxygen atoms in total. The quantitative estimate of drug-likeness (QED) is 0.819. The van der Waals surface area contributed by atoms with Gasteiger partial charge in [-0.3, -0.25) is 0 Å². The number of nitrogens with two attached hydrogens (primary N) is 1. The molecule has 82 valence electrons. The van der Waals surface area contributed by atoms with E-state index in [9.17, 15) is 0 Å². The van der Waals surface area contributed by atoms with E-state index in [2.05, 4.69) is 22.4 Å². The van der Waals surface area contributed by atoms with Gasteiger partial charge in [0.1, 0.15) is 5.82 Å². The molecule has 0 aliphatic heterocycles. The lowest BCUT2D eigenvalue weighted by Crippen LogP contribution is -2.08. The van der Waals surface area contributed by atoms with E-state index in [4.69, 9.17) is 5.73 Å². The SMILES string of the molecule is Nc1cccnc1NCCc1ccccc1. The van der Waals surface area contributed by atoms with Gasteiger partial charge in [0.05, 0.1) is 5.69 Å². The highest BCUT2D eigenvalue weighted by atomic mass is 15.0. The predicted octanol–water partition coefficient (Wildman–Crippen LogP) is 2.32. The molecule has 0 saturated heterocycles. The molecule has 0 unspecified atom stereocenters.